The third kappa shape index (κ3) is 1.58. The van der Waals surface area contributed by atoms with Gasteiger partial charge < -0.3 is 0 Å². The van der Waals surface area contributed by atoms with E-state index in [0.29, 0.717) is 6.42 Å². The number of terminal acetylenes is 1. The first-order valence-electron chi connectivity index (χ1n) is 2.76. The van der Waals surface area contributed by atoms with Crippen molar-refractivity contribution in [2.45, 2.75) is 6.42 Å². The van der Waals surface area contributed by atoms with Gasteiger partial charge in [0.05, 0.1) is 0 Å². The highest BCUT2D eigenvalue weighted by atomic mass is 14.6. The third-order valence-electron chi connectivity index (χ3n) is 1.06. The normalized spacial score (nSPS) is 8.33. The minimum Gasteiger partial charge on any atom is -0.265 e. The van der Waals surface area contributed by atoms with Gasteiger partial charge in [0, 0.05) is 18.8 Å². The number of nitrogens with zero attached hydrogens (tertiary/aromatic N) is 1. The molecule has 1 aromatic heterocycles. The van der Waals surface area contributed by atoms with Crippen LogP contribution >= 0.6 is 0 Å². The second-order valence-electron chi connectivity index (χ2n) is 1.74. The first-order valence-corrected chi connectivity index (χ1v) is 2.76. The molecule has 0 aromatic carbocycles. The molecule has 0 unspecified atom stereocenters. The summed E-state index contributed by atoms with van der Waals surface area (Å²) < 4.78 is 0. The van der Waals surface area contributed by atoms with Crippen molar-refractivity contribution in [2.75, 3.05) is 0 Å². The van der Waals surface area contributed by atoms with E-state index in [-0.39, 0.29) is 0 Å². The number of rotatable bonds is 1. The van der Waals surface area contributed by atoms with Gasteiger partial charge in [0.25, 0.3) is 0 Å². The summed E-state index contributed by atoms with van der Waals surface area (Å²) in [4.78, 5) is 3.86. The molecule has 44 valence electrons. The van der Waals surface area contributed by atoms with Crippen molar-refractivity contribution in [3.63, 3.8) is 0 Å². The van der Waals surface area contributed by atoms with Crippen LogP contribution in [0, 0.1) is 12.3 Å². The Morgan fingerprint density at radius 1 is 1.44 bits per heavy atom. The van der Waals surface area contributed by atoms with Gasteiger partial charge in [-0.25, -0.2) is 0 Å². The molecule has 9 heavy (non-hydrogen) atoms. The second-order valence-corrected chi connectivity index (χ2v) is 1.74. The minimum atomic E-state index is 0.697. The lowest BCUT2D eigenvalue weighted by molar-refractivity contribution is 1.24. The summed E-state index contributed by atoms with van der Waals surface area (Å²) in [5, 5.41) is 0. The molecule has 1 aromatic rings. The number of hydrogen-bond acceptors (Lipinski definition) is 1. The van der Waals surface area contributed by atoms with Crippen molar-refractivity contribution in [3.05, 3.63) is 30.1 Å². The fourth-order valence-electron chi connectivity index (χ4n) is 0.618. The molecule has 0 N–H and O–H groups in total. The lowest BCUT2D eigenvalue weighted by Gasteiger charge is -1.88. The van der Waals surface area contributed by atoms with Gasteiger partial charge in [-0.15, -0.1) is 12.3 Å². The monoisotopic (exact) mass is 117 g/mol. The number of aromatic nitrogens is 1. The smallest absolute Gasteiger partial charge is 0.0338 e. The molecule has 0 aliphatic rings. The zero-order chi connectivity index (χ0) is 6.53. The molecule has 0 saturated heterocycles. The Labute approximate surface area is 54.7 Å². The standard InChI is InChI=1S/C8H7N/c1-2-3-8-4-6-9-7-5-8/h1,4-7H,3H2. The summed E-state index contributed by atoms with van der Waals surface area (Å²) in [7, 11) is 0. The summed E-state index contributed by atoms with van der Waals surface area (Å²) >= 11 is 0. The summed E-state index contributed by atoms with van der Waals surface area (Å²) in [6.07, 6.45) is 9.27. The molecule has 0 radical (unpaired) electrons. The summed E-state index contributed by atoms with van der Waals surface area (Å²) in [5.74, 6) is 2.56. The van der Waals surface area contributed by atoms with E-state index < -0.39 is 0 Å². The van der Waals surface area contributed by atoms with Crippen molar-refractivity contribution in [1.29, 1.82) is 0 Å². The predicted octanol–water partition coefficient (Wildman–Crippen LogP) is 1.26. The maximum absolute atomic E-state index is 5.09. The molecule has 0 aliphatic carbocycles. The fraction of sp³-hybridized carbons (Fsp3) is 0.125. The molecular weight excluding hydrogens is 110 g/mol. The van der Waals surface area contributed by atoms with Crippen LogP contribution in [0.15, 0.2) is 24.5 Å². The third-order valence-corrected chi connectivity index (χ3v) is 1.06. The van der Waals surface area contributed by atoms with Gasteiger partial charge in [-0.3, -0.25) is 4.98 Å². The SMILES string of the molecule is C#CCc1ccncc1. The van der Waals surface area contributed by atoms with E-state index in [1.807, 2.05) is 12.1 Å². The highest BCUT2D eigenvalue weighted by Gasteiger charge is 1.83. The Kier molecular flexibility index (Phi) is 1.87. The van der Waals surface area contributed by atoms with Crippen molar-refractivity contribution >= 4 is 0 Å². The summed E-state index contributed by atoms with van der Waals surface area (Å²) in [6, 6.07) is 3.83. The predicted molar refractivity (Wildman–Crippen MR) is 36.8 cm³/mol. The highest BCUT2D eigenvalue weighted by Crippen LogP contribution is 1.94. The number of hydrogen-bond donors (Lipinski definition) is 0. The van der Waals surface area contributed by atoms with Crippen LogP contribution in [0.4, 0.5) is 0 Å². The molecule has 1 heteroatoms. The van der Waals surface area contributed by atoms with Crippen molar-refractivity contribution < 1.29 is 0 Å². The second kappa shape index (κ2) is 2.88. The van der Waals surface area contributed by atoms with Crippen LogP contribution in [-0.4, -0.2) is 4.98 Å². The first kappa shape index (κ1) is 5.84. The molecular formula is C8H7N. The Hall–Kier alpha value is -1.29. The van der Waals surface area contributed by atoms with E-state index in [4.69, 9.17) is 6.42 Å². The van der Waals surface area contributed by atoms with Crippen LogP contribution in [-0.2, 0) is 6.42 Å². The molecule has 1 nitrogen and oxygen atoms in total. The Balaban J connectivity index is 2.76. The molecule has 0 spiro atoms. The molecule has 0 bridgehead atoms. The van der Waals surface area contributed by atoms with Gasteiger partial charge in [0.2, 0.25) is 0 Å². The van der Waals surface area contributed by atoms with Crippen LogP contribution in [0.5, 0.6) is 0 Å². The van der Waals surface area contributed by atoms with Gasteiger partial charge in [-0.05, 0) is 17.7 Å². The maximum Gasteiger partial charge on any atom is 0.0338 e. The average Bonchev–Trinajstić information content (AvgIpc) is 1.91. The van der Waals surface area contributed by atoms with Gasteiger partial charge in [0.1, 0.15) is 0 Å². The molecule has 0 fully saturated rings. The van der Waals surface area contributed by atoms with Crippen LogP contribution in [0.1, 0.15) is 5.56 Å². The van der Waals surface area contributed by atoms with E-state index in [9.17, 15) is 0 Å². The van der Waals surface area contributed by atoms with Gasteiger partial charge in [-0.2, -0.15) is 0 Å². The van der Waals surface area contributed by atoms with Crippen LogP contribution in [0.3, 0.4) is 0 Å². The lowest BCUT2D eigenvalue weighted by Crippen LogP contribution is -1.79. The first-order chi connectivity index (χ1) is 4.43. The lowest BCUT2D eigenvalue weighted by atomic mass is 10.2. The largest absolute Gasteiger partial charge is 0.265 e. The zero-order valence-corrected chi connectivity index (χ0v) is 5.04. The Morgan fingerprint density at radius 2 is 2.11 bits per heavy atom. The highest BCUT2D eigenvalue weighted by molar-refractivity contribution is 5.15. The van der Waals surface area contributed by atoms with Crippen molar-refractivity contribution in [2.24, 2.45) is 0 Å². The van der Waals surface area contributed by atoms with Crippen molar-refractivity contribution in [3.8, 4) is 12.3 Å². The van der Waals surface area contributed by atoms with Crippen LogP contribution < -0.4 is 0 Å². The Bertz CT molecular complexity index is 208. The van der Waals surface area contributed by atoms with Gasteiger partial charge >= 0.3 is 0 Å². The Morgan fingerprint density at radius 3 is 2.67 bits per heavy atom. The van der Waals surface area contributed by atoms with Crippen molar-refractivity contribution in [1.82, 2.24) is 4.98 Å². The van der Waals surface area contributed by atoms with Gasteiger partial charge in [0.15, 0.2) is 0 Å². The van der Waals surface area contributed by atoms with E-state index in [1.54, 1.807) is 12.4 Å². The molecule has 0 amide bonds. The zero-order valence-electron chi connectivity index (χ0n) is 5.04. The minimum absolute atomic E-state index is 0.697. The average molecular weight is 117 g/mol. The van der Waals surface area contributed by atoms with Gasteiger partial charge in [-0.1, -0.05) is 0 Å². The summed E-state index contributed by atoms with van der Waals surface area (Å²) in [6.45, 7) is 0. The molecule has 1 heterocycles. The topological polar surface area (TPSA) is 12.9 Å². The summed E-state index contributed by atoms with van der Waals surface area (Å²) in [5.41, 5.74) is 1.15. The maximum atomic E-state index is 5.09. The molecule has 1 rings (SSSR count). The van der Waals surface area contributed by atoms with Crippen LogP contribution in [0.2, 0.25) is 0 Å². The molecule has 0 aliphatic heterocycles. The van der Waals surface area contributed by atoms with Crippen LogP contribution in [0.25, 0.3) is 0 Å². The fourth-order valence-corrected chi connectivity index (χ4v) is 0.618. The van der Waals surface area contributed by atoms with E-state index in [0.717, 1.165) is 5.56 Å². The number of pyridine rings is 1. The molecule has 0 atom stereocenters. The van der Waals surface area contributed by atoms with E-state index in [1.165, 1.54) is 0 Å². The van der Waals surface area contributed by atoms with E-state index in [2.05, 4.69) is 10.9 Å². The molecule has 0 saturated carbocycles. The van der Waals surface area contributed by atoms with E-state index >= 15 is 0 Å². The quantitative estimate of drug-likeness (QED) is 0.504.